The van der Waals surface area contributed by atoms with Crippen LogP contribution in [-0.4, -0.2) is 21.4 Å². The standard InChI is InChI=1S/C16H19ClN2O2/c1-11-5-13(17)8-14(6-11)19-10-12(9-18-19)7-15(20)21-16(2,3)4/h5-6,8-10H,7H2,1-4H3. The third-order valence-electron chi connectivity index (χ3n) is 2.70. The number of nitrogens with zero attached hydrogens (tertiary/aromatic N) is 2. The minimum atomic E-state index is -0.475. The largest absolute Gasteiger partial charge is 0.460 e. The number of aromatic nitrogens is 2. The summed E-state index contributed by atoms with van der Waals surface area (Å²) in [5.41, 5.74) is 2.26. The zero-order chi connectivity index (χ0) is 15.6. The number of hydrogen-bond acceptors (Lipinski definition) is 3. The third kappa shape index (κ3) is 4.60. The first-order valence-electron chi connectivity index (χ1n) is 6.76. The molecule has 21 heavy (non-hydrogen) atoms. The van der Waals surface area contributed by atoms with Gasteiger partial charge in [0.2, 0.25) is 0 Å². The van der Waals surface area contributed by atoms with Gasteiger partial charge in [-0.25, -0.2) is 4.68 Å². The molecule has 2 aromatic rings. The van der Waals surface area contributed by atoms with Crippen molar-refractivity contribution in [1.29, 1.82) is 0 Å². The number of carbonyl (C=O) groups excluding carboxylic acids is 1. The van der Waals surface area contributed by atoms with Gasteiger partial charge >= 0.3 is 5.97 Å². The van der Waals surface area contributed by atoms with Gasteiger partial charge in [-0.15, -0.1) is 0 Å². The summed E-state index contributed by atoms with van der Waals surface area (Å²) >= 11 is 6.05. The van der Waals surface area contributed by atoms with Crippen molar-refractivity contribution in [2.75, 3.05) is 0 Å². The molecule has 1 aromatic carbocycles. The number of benzene rings is 1. The van der Waals surface area contributed by atoms with Crippen LogP contribution in [0.15, 0.2) is 30.6 Å². The molecule has 0 bridgehead atoms. The third-order valence-corrected chi connectivity index (χ3v) is 2.91. The number of aryl methyl sites for hydroxylation is 1. The summed E-state index contributed by atoms with van der Waals surface area (Å²) in [5, 5.41) is 4.93. The van der Waals surface area contributed by atoms with Crippen LogP contribution in [0.2, 0.25) is 5.02 Å². The zero-order valence-electron chi connectivity index (χ0n) is 12.7. The van der Waals surface area contributed by atoms with E-state index >= 15 is 0 Å². The Morgan fingerprint density at radius 1 is 1.33 bits per heavy atom. The summed E-state index contributed by atoms with van der Waals surface area (Å²) in [7, 11) is 0. The van der Waals surface area contributed by atoms with E-state index in [1.807, 2.05) is 52.1 Å². The van der Waals surface area contributed by atoms with Crippen LogP contribution in [0, 0.1) is 6.92 Å². The van der Waals surface area contributed by atoms with Crippen LogP contribution in [0.3, 0.4) is 0 Å². The molecule has 0 aliphatic heterocycles. The van der Waals surface area contributed by atoms with Gasteiger partial charge in [0.05, 0.1) is 18.3 Å². The quantitative estimate of drug-likeness (QED) is 0.812. The summed E-state index contributed by atoms with van der Waals surface area (Å²) < 4.78 is 7.00. The fourth-order valence-electron chi connectivity index (χ4n) is 1.99. The summed E-state index contributed by atoms with van der Waals surface area (Å²) in [6, 6.07) is 5.70. The molecule has 112 valence electrons. The summed E-state index contributed by atoms with van der Waals surface area (Å²) in [5.74, 6) is -0.260. The normalized spacial score (nSPS) is 11.5. The molecule has 1 aromatic heterocycles. The second-order valence-corrected chi connectivity index (χ2v) is 6.48. The number of esters is 1. The minimum absolute atomic E-state index is 0.205. The first-order valence-corrected chi connectivity index (χ1v) is 7.14. The van der Waals surface area contributed by atoms with Crippen molar-refractivity contribution in [3.63, 3.8) is 0 Å². The van der Waals surface area contributed by atoms with E-state index in [-0.39, 0.29) is 12.4 Å². The Bertz CT molecular complexity index is 636. The molecule has 0 aliphatic carbocycles. The average molecular weight is 307 g/mol. The van der Waals surface area contributed by atoms with E-state index in [0.29, 0.717) is 5.02 Å². The van der Waals surface area contributed by atoms with Gasteiger partial charge in [0.1, 0.15) is 5.60 Å². The van der Waals surface area contributed by atoms with Crippen LogP contribution in [0.1, 0.15) is 31.9 Å². The van der Waals surface area contributed by atoms with Crippen molar-refractivity contribution in [1.82, 2.24) is 9.78 Å². The maximum absolute atomic E-state index is 11.8. The Labute approximate surface area is 129 Å². The second kappa shape index (κ2) is 5.90. The zero-order valence-corrected chi connectivity index (χ0v) is 13.4. The molecule has 0 saturated carbocycles. The maximum atomic E-state index is 11.8. The molecule has 0 saturated heterocycles. The van der Waals surface area contributed by atoms with Gasteiger partial charge in [0.25, 0.3) is 0 Å². The number of ether oxygens (including phenoxy) is 1. The molecule has 0 fully saturated rings. The molecule has 0 spiro atoms. The number of rotatable bonds is 3. The lowest BCUT2D eigenvalue weighted by atomic mass is 10.2. The first-order chi connectivity index (χ1) is 9.73. The molecule has 5 heteroatoms. The van der Waals surface area contributed by atoms with E-state index in [9.17, 15) is 4.79 Å². The predicted octanol–water partition coefficient (Wildman–Crippen LogP) is 3.72. The van der Waals surface area contributed by atoms with Crippen molar-refractivity contribution in [2.24, 2.45) is 0 Å². The Morgan fingerprint density at radius 3 is 2.67 bits per heavy atom. The highest BCUT2D eigenvalue weighted by molar-refractivity contribution is 6.30. The molecular formula is C16H19ClN2O2. The first kappa shape index (κ1) is 15.6. The summed E-state index contributed by atoms with van der Waals surface area (Å²) in [4.78, 5) is 11.8. The molecule has 2 rings (SSSR count). The van der Waals surface area contributed by atoms with Gasteiger partial charge < -0.3 is 4.74 Å². The van der Waals surface area contributed by atoms with Crippen molar-refractivity contribution >= 4 is 17.6 Å². The SMILES string of the molecule is Cc1cc(Cl)cc(-n2cc(CC(=O)OC(C)(C)C)cn2)c1. The van der Waals surface area contributed by atoms with Crippen LogP contribution in [0.5, 0.6) is 0 Å². The number of carbonyl (C=O) groups is 1. The lowest BCUT2D eigenvalue weighted by molar-refractivity contribution is -0.153. The Morgan fingerprint density at radius 2 is 2.05 bits per heavy atom. The van der Waals surface area contributed by atoms with Crippen LogP contribution >= 0.6 is 11.6 Å². The van der Waals surface area contributed by atoms with Crippen molar-refractivity contribution in [3.05, 3.63) is 46.7 Å². The summed E-state index contributed by atoms with van der Waals surface area (Å²) in [6.07, 6.45) is 3.69. The number of halogens is 1. The highest BCUT2D eigenvalue weighted by Crippen LogP contribution is 2.18. The van der Waals surface area contributed by atoms with E-state index in [1.54, 1.807) is 10.9 Å². The fourth-order valence-corrected chi connectivity index (χ4v) is 2.27. The average Bonchev–Trinajstić information content (AvgIpc) is 2.73. The molecular weight excluding hydrogens is 288 g/mol. The van der Waals surface area contributed by atoms with Crippen LogP contribution < -0.4 is 0 Å². The van der Waals surface area contributed by atoms with Gasteiger partial charge in [-0.1, -0.05) is 11.6 Å². The van der Waals surface area contributed by atoms with Crippen LogP contribution in [0.25, 0.3) is 5.69 Å². The Hall–Kier alpha value is -1.81. The highest BCUT2D eigenvalue weighted by Gasteiger charge is 2.17. The molecule has 0 aliphatic rings. The van der Waals surface area contributed by atoms with E-state index < -0.39 is 5.60 Å². The molecule has 0 N–H and O–H groups in total. The van der Waals surface area contributed by atoms with Crippen LogP contribution in [0.4, 0.5) is 0 Å². The monoisotopic (exact) mass is 306 g/mol. The highest BCUT2D eigenvalue weighted by atomic mass is 35.5. The molecule has 0 radical (unpaired) electrons. The van der Waals surface area contributed by atoms with Gasteiger partial charge in [-0.05, 0) is 51.5 Å². The predicted molar refractivity (Wildman–Crippen MR) is 82.9 cm³/mol. The smallest absolute Gasteiger partial charge is 0.310 e. The van der Waals surface area contributed by atoms with E-state index in [0.717, 1.165) is 16.8 Å². The van der Waals surface area contributed by atoms with Gasteiger partial charge in [0, 0.05) is 16.8 Å². The topological polar surface area (TPSA) is 44.1 Å². The van der Waals surface area contributed by atoms with E-state index in [2.05, 4.69) is 5.10 Å². The van der Waals surface area contributed by atoms with Crippen molar-refractivity contribution < 1.29 is 9.53 Å². The lowest BCUT2D eigenvalue weighted by Crippen LogP contribution is -2.24. The Kier molecular flexibility index (Phi) is 4.37. The Balaban J connectivity index is 2.13. The van der Waals surface area contributed by atoms with Crippen molar-refractivity contribution in [3.8, 4) is 5.69 Å². The lowest BCUT2D eigenvalue weighted by Gasteiger charge is -2.19. The molecule has 0 unspecified atom stereocenters. The molecule has 4 nitrogen and oxygen atoms in total. The van der Waals surface area contributed by atoms with Crippen molar-refractivity contribution in [2.45, 2.75) is 39.7 Å². The van der Waals surface area contributed by atoms with Crippen LogP contribution in [-0.2, 0) is 16.0 Å². The van der Waals surface area contributed by atoms with E-state index in [1.165, 1.54) is 0 Å². The molecule has 0 atom stereocenters. The molecule has 0 amide bonds. The molecule has 1 heterocycles. The minimum Gasteiger partial charge on any atom is -0.460 e. The second-order valence-electron chi connectivity index (χ2n) is 6.04. The fraction of sp³-hybridized carbons (Fsp3) is 0.375. The van der Waals surface area contributed by atoms with Gasteiger partial charge in [-0.3, -0.25) is 4.79 Å². The van der Waals surface area contributed by atoms with E-state index in [4.69, 9.17) is 16.3 Å². The summed E-state index contributed by atoms with van der Waals surface area (Å²) in [6.45, 7) is 7.52. The van der Waals surface area contributed by atoms with Gasteiger partial charge in [0.15, 0.2) is 0 Å². The van der Waals surface area contributed by atoms with Gasteiger partial charge in [-0.2, -0.15) is 5.10 Å². The maximum Gasteiger partial charge on any atom is 0.310 e. The number of hydrogen-bond donors (Lipinski definition) is 0.